The summed E-state index contributed by atoms with van der Waals surface area (Å²) in [6.07, 6.45) is 0.472. The van der Waals surface area contributed by atoms with Gasteiger partial charge in [0.25, 0.3) is 0 Å². The van der Waals surface area contributed by atoms with E-state index in [4.69, 9.17) is 9.47 Å². The molecule has 0 atom stereocenters. The van der Waals surface area contributed by atoms with Crippen LogP contribution in [0.1, 0.15) is 30.5 Å². The Morgan fingerprint density at radius 1 is 1.07 bits per heavy atom. The topological polar surface area (TPSA) is 50.8 Å². The third-order valence-electron chi connectivity index (χ3n) is 4.66. The number of rotatable bonds is 8. The lowest BCUT2D eigenvalue weighted by atomic mass is 10.1. The zero-order valence-corrected chi connectivity index (χ0v) is 16.8. The second kappa shape index (κ2) is 10.2. The maximum absolute atomic E-state index is 12.3. The molecule has 3 rings (SSSR count). The standard InChI is InChI=1S/C23H30N2O3/c1-18(2)28-22-5-3-4-21(14-22)15-23(26)24-16-19-6-8-20(9-7-19)17-25-10-12-27-13-11-25/h3-9,14,18H,10-13,15-17H2,1-2H3,(H,24,26). The minimum Gasteiger partial charge on any atom is -0.491 e. The van der Waals surface area contributed by atoms with Crippen LogP contribution in [0.15, 0.2) is 48.5 Å². The molecule has 0 saturated carbocycles. The van der Waals surface area contributed by atoms with Gasteiger partial charge < -0.3 is 14.8 Å². The van der Waals surface area contributed by atoms with Crippen LogP contribution < -0.4 is 10.1 Å². The van der Waals surface area contributed by atoms with Crippen molar-refractivity contribution in [2.24, 2.45) is 0 Å². The second-order valence-electron chi connectivity index (χ2n) is 7.47. The Labute approximate surface area is 167 Å². The third-order valence-corrected chi connectivity index (χ3v) is 4.66. The van der Waals surface area contributed by atoms with Gasteiger partial charge in [-0.05, 0) is 42.7 Å². The Hall–Kier alpha value is -2.37. The van der Waals surface area contributed by atoms with Crippen LogP contribution in [-0.4, -0.2) is 43.2 Å². The average molecular weight is 383 g/mol. The van der Waals surface area contributed by atoms with Gasteiger partial charge in [-0.15, -0.1) is 0 Å². The van der Waals surface area contributed by atoms with Crippen LogP contribution in [-0.2, 0) is 29.0 Å². The van der Waals surface area contributed by atoms with Gasteiger partial charge in [-0.3, -0.25) is 9.69 Å². The summed E-state index contributed by atoms with van der Waals surface area (Å²) in [5.74, 6) is 0.815. The predicted octanol–water partition coefficient (Wildman–Crippen LogP) is 3.16. The molecule has 1 heterocycles. The van der Waals surface area contributed by atoms with Gasteiger partial charge in [-0.2, -0.15) is 0 Å². The maximum atomic E-state index is 12.3. The molecule has 1 N–H and O–H groups in total. The molecule has 5 heteroatoms. The van der Waals surface area contributed by atoms with Crippen LogP contribution in [0, 0.1) is 0 Å². The average Bonchev–Trinajstić information content (AvgIpc) is 2.68. The van der Waals surface area contributed by atoms with E-state index in [1.54, 1.807) is 0 Å². The van der Waals surface area contributed by atoms with E-state index in [9.17, 15) is 4.79 Å². The molecule has 0 radical (unpaired) electrons. The summed E-state index contributed by atoms with van der Waals surface area (Å²) in [6, 6.07) is 16.2. The number of nitrogens with one attached hydrogen (secondary N) is 1. The first-order valence-corrected chi connectivity index (χ1v) is 9.99. The van der Waals surface area contributed by atoms with Crippen molar-refractivity contribution < 1.29 is 14.3 Å². The van der Waals surface area contributed by atoms with Gasteiger partial charge in [-0.25, -0.2) is 0 Å². The van der Waals surface area contributed by atoms with Crippen molar-refractivity contribution in [2.45, 2.75) is 39.5 Å². The number of ether oxygens (including phenoxy) is 2. The molecule has 2 aromatic rings. The molecule has 5 nitrogen and oxygen atoms in total. The summed E-state index contributed by atoms with van der Waals surface area (Å²) < 4.78 is 11.1. The van der Waals surface area contributed by atoms with E-state index in [1.807, 2.05) is 38.1 Å². The molecule has 0 spiro atoms. The highest BCUT2D eigenvalue weighted by molar-refractivity contribution is 5.78. The van der Waals surface area contributed by atoms with E-state index in [1.165, 1.54) is 5.56 Å². The quantitative estimate of drug-likeness (QED) is 0.762. The van der Waals surface area contributed by atoms with E-state index in [0.717, 1.165) is 49.7 Å². The predicted molar refractivity (Wildman–Crippen MR) is 110 cm³/mol. The van der Waals surface area contributed by atoms with Gasteiger partial charge in [0.1, 0.15) is 5.75 Å². The zero-order chi connectivity index (χ0) is 19.8. The molecule has 1 saturated heterocycles. The molecular weight excluding hydrogens is 352 g/mol. The van der Waals surface area contributed by atoms with Crippen LogP contribution in [0.4, 0.5) is 0 Å². The molecule has 0 aliphatic carbocycles. The first-order valence-electron chi connectivity index (χ1n) is 9.99. The second-order valence-corrected chi connectivity index (χ2v) is 7.47. The van der Waals surface area contributed by atoms with Crippen LogP contribution in [0.5, 0.6) is 5.75 Å². The van der Waals surface area contributed by atoms with Crippen molar-refractivity contribution in [3.63, 3.8) is 0 Å². The lowest BCUT2D eigenvalue weighted by molar-refractivity contribution is -0.120. The molecule has 28 heavy (non-hydrogen) atoms. The van der Waals surface area contributed by atoms with Gasteiger partial charge in [0.05, 0.1) is 25.7 Å². The number of nitrogens with zero attached hydrogens (tertiary/aromatic N) is 1. The van der Waals surface area contributed by atoms with Gasteiger partial charge in [0.2, 0.25) is 5.91 Å². The summed E-state index contributed by atoms with van der Waals surface area (Å²) in [5, 5.41) is 3.00. The van der Waals surface area contributed by atoms with Crippen LogP contribution in [0.25, 0.3) is 0 Å². The molecule has 1 amide bonds. The summed E-state index contributed by atoms with van der Waals surface area (Å²) in [6.45, 7) is 9.08. The molecule has 1 aliphatic heterocycles. The van der Waals surface area contributed by atoms with E-state index < -0.39 is 0 Å². The van der Waals surface area contributed by atoms with E-state index in [-0.39, 0.29) is 12.0 Å². The van der Waals surface area contributed by atoms with E-state index in [2.05, 4.69) is 34.5 Å². The first-order chi connectivity index (χ1) is 13.6. The number of benzene rings is 2. The summed E-state index contributed by atoms with van der Waals surface area (Å²) in [5.41, 5.74) is 3.35. The molecule has 1 fully saturated rings. The molecule has 1 aliphatic rings. The highest BCUT2D eigenvalue weighted by Crippen LogP contribution is 2.15. The molecule has 150 valence electrons. The van der Waals surface area contributed by atoms with Crippen LogP contribution in [0.3, 0.4) is 0 Å². The lowest BCUT2D eigenvalue weighted by Gasteiger charge is -2.26. The molecule has 0 bridgehead atoms. The van der Waals surface area contributed by atoms with Crippen LogP contribution >= 0.6 is 0 Å². The highest BCUT2D eigenvalue weighted by Gasteiger charge is 2.10. The Morgan fingerprint density at radius 3 is 2.50 bits per heavy atom. The van der Waals surface area contributed by atoms with E-state index >= 15 is 0 Å². The Kier molecular flexibility index (Phi) is 7.46. The minimum absolute atomic E-state index is 0.0130. The van der Waals surface area contributed by atoms with E-state index in [0.29, 0.717) is 13.0 Å². The van der Waals surface area contributed by atoms with Crippen LogP contribution in [0.2, 0.25) is 0 Å². The summed E-state index contributed by atoms with van der Waals surface area (Å²) in [7, 11) is 0. The molecular formula is C23H30N2O3. The Balaban J connectivity index is 1.45. The third kappa shape index (κ3) is 6.66. The number of hydrogen-bond acceptors (Lipinski definition) is 4. The molecule has 0 aromatic heterocycles. The van der Waals surface area contributed by atoms with Gasteiger partial charge in [0.15, 0.2) is 0 Å². The van der Waals surface area contributed by atoms with Crippen molar-refractivity contribution in [2.75, 3.05) is 26.3 Å². The van der Waals surface area contributed by atoms with Crippen molar-refractivity contribution in [3.05, 3.63) is 65.2 Å². The minimum atomic E-state index is 0.0130. The monoisotopic (exact) mass is 382 g/mol. The molecule has 0 unspecified atom stereocenters. The largest absolute Gasteiger partial charge is 0.491 e. The fraction of sp³-hybridized carbons (Fsp3) is 0.435. The van der Waals surface area contributed by atoms with Gasteiger partial charge in [-0.1, -0.05) is 36.4 Å². The number of carbonyl (C=O) groups is 1. The van der Waals surface area contributed by atoms with Gasteiger partial charge >= 0.3 is 0 Å². The van der Waals surface area contributed by atoms with Crippen molar-refractivity contribution in [3.8, 4) is 5.75 Å². The normalized spacial score (nSPS) is 14.8. The maximum Gasteiger partial charge on any atom is 0.224 e. The van der Waals surface area contributed by atoms with Gasteiger partial charge in [0, 0.05) is 26.2 Å². The fourth-order valence-corrected chi connectivity index (χ4v) is 3.23. The Morgan fingerprint density at radius 2 is 1.79 bits per heavy atom. The SMILES string of the molecule is CC(C)Oc1cccc(CC(=O)NCc2ccc(CN3CCOCC3)cc2)c1. The number of carbonyl (C=O) groups excluding carboxylic acids is 1. The number of amides is 1. The summed E-state index contributed by atoms with van der Waals surface area (Å²) >= 11 is 0. The fourth-order valence-electron chi connectivity index (χ4n) is 3.23. The van der Waals surface area contributed by atoms with Crippen molar-refractivity contribution >= 4 is 5.91 Å². The van der Waals surface area contributed by atoms with Crippen molar-refractivity contribution in [1.29, 1.82) is 0 Å². The summed E-state index contributed by atoms with van der Waals surface area (Å²) in [4.78, 5) is 14.7. The smallest absolute Gasteiger partial charge is 0.224 e. The lowest BCUT2D eigenvalue weighted by Crippen LogP contribution is -2.35. The number of morpholine rings is 1. The first kappa shape index (κ1) is 20.4. The highest BCUT2D eigenvalue weighted by atomic mass is 16.5. The molecule has 2 aromatic carbocycles. The van der Waals surface area contributed by atoms with Crippen molar-refractivity contribution in [1.82, 2.24) is 10.2 Å². The Bertz CT molecular complexity index is 753. The zero-order valence-electron chi connectivity index (χ0n) is 16.8. The number of hydrogen-bond donors (Lipinski definition) is 1.